The summed E-state index contributed by atoms with van der Waals surface area (Å²) >= 11 is 0. The van der Waals surface area contributed by atoms with Crippen LogP contribution in [0, 0.1) is 17.8 Å². The Morgan fingerprint density at radius 2 is 1.80 bits per heavy atom. The van der Waals surface area contributed by atoms with E-state index in [1.807, 2.05) is 13.8 Å². The number of hydrogen-bond donors (Lipinski definition) is 4. The molecule has 1 aliphatic rings. The average molecular weight is 663 g/mol. The maximum Gasteiger partial charge on any atom is 0.312 e. The van der Waals surface area contributed by atoms with Gasteiger partial charge >= 0.3 is 12.0 Å². The minimum atomic E-state index is -0.809. The molecule has 4 atom stereocenters. The largest absolute Gasteiger partial charge is 0.461 e. The van der Waals surface area contributed by atoms with Crippen LogP contribution in [0.1, 0.15) is 77.7 Å². The fourth-order valence-electron chi connectivity index (χ4n) is 5.11. The maximum absolute atomic E-state index is 13.5. The molecule has 254 valence electrons. The molecule has 1 aromatic carbocycles. The van der Waals surface area contributed by atoms with Crippen molar-refractivity contribution >= 4 is 56.3 Å². The predicted octanol–water partition coefficient (Wildman–Crippen LogP) is 2.66. The molecule has 0 saturated carbocycles. The SMILES string of the molecule is [2H]PCC1CC(=O)N(CCCCCC(=O)NC(C(=O)CC(CCCNC(N)=O)C(=O)Nc2ccc(COC(C)=O)cc2)C(C)C)C1=O. The van der Waals surface area contributed by atoms with E-state index in [1.54, 1.807) is 24.3 Å². The number of nitrogens with two attached hydrogens (primary N) is 1. The molecule has 2 rings (SSSR count). The normalized spacial score (nSPS) is 16.3. The van der Waals surface area contributed by atoms with Gasteiger partial charge in [-0.2, -0.15) is 0 Å². The number of nitrogens with one attached hydrogen (secondary N) is 3. The molecule has 0 radical (unpaired) electrons. The summed E-state index contributed by atoms with van der Waals surface area (Å²) in [5.41, 5.74) is 6.38. The van der Waals surface area contributed by atoms with Crippen LogP contribution in [-0.4, -0.2) is 72.9 Å². The number of anilines is 1. The van der Waals surface area contributed by atoms with E-state index >= 15 is 0 Å². The van der Waals surface area contributed by atoms with Crippen molar-refractivity contribution in [3.8, 4) is 0 Å². The van der Waals surface area contributed by atoms with Gasteiger partial charge in [-0.3, -0.25) is 33.7 Å². The number of amides is 6. The Bertz CT molecular complexity index is 1260. The summed E-state index contributed by atoms with van der Waals surface area (Å²) in [7, 11) is -0.130. The van der Waals surface area contributed by atoms with Gasteiger partial charge in [0.1, 0.15) is 6.61 Å². The molecule has 5 N–H and O–H groups in total. The standard InChI is InChI=1S/C32H48N5O8P/c1-20(2)29(36-27(40)9-5-4-6-15-37-28(41)17-24(19-46)31(37)43)26(39)16-23(8-7-14-34-32(33)44)30(42)35-25-12-10-22(11-13-25)18-45-21(3)38/h10-13,20,23-24,29H,4-9,14-19,46H2,1-3H3,(H,35,42)(H,36,40)(H3,33,34,44)/i46D. The van der Waals surface area contributed by atoms with Crippen molar-refractivity contribution in [1.29, 1.82) is 1.28 Å². The van der Waals surface area contributed by atoms with E-state index < -0.39 is 29.9 Å². The summed E-state index contributed by atoms with van der Waals surface area (Å²) in [6.07, 6.45) is 2.97. The number of esters is 1. The highest BCUT2D eigenvalue weighted by Gasteiger charge is 2.36. The van der Waals surface area contributed by atoms with Crippen LogP contribution in [0.4, 0.5) is 10.5 Å². The summed E-state index contributed by atoms with van der Waals surface area (Å²) in [6.45, 7) is 5.56. The molecule has 46 heavy (non-hydrogen) atoms. The fraction of sp³-hybridized carbons (Fsp3) is 0.594. The van der Waals surface area contributed by atoms with Gasteiger partial charge in [0.25, 0.3) is 0 Å². The summed E-state index contributed by atoms with van der Waals surface area (Å²) in [6, 6.07) is 5.25. The maximum atomic E-state index is 13.5. The van der Waals surface area contributed by atoms with Crippen molar-refractivity contribution in [1.82, 2.24) is 15.5 Å². The Kier molecular flexibility index (Phi) is 15.6. The van der Waals surface area contributed by atoms with Crippen molar-refractivity contribution in [2.24, 2.45) is 23.5 Å². The van der Waals surface area contributed by atoms with Crippen LogP contribution in [-0.2, 0) is 40.1 Å². The molecule has 1 aromatic rings. The molecule has 6 amide bonds. The molecular weight excluding hydrogens is 613 g/mol. The zero-order chi connectivity index (χ0) is 34.9. The monoisotopic (exact) mass is 662 g/mol. The van der Waals surface area contributed by atoms with E-state index in [0.29, 0.717) is 44.1 Å². The van der Waals surface area contributed by atoms with Gasteiger partial charge in [0.15, 0.2) is 5.78 Å². The number of ether oxygens (including phenoxy) is 1. The number of imide groups is 1. The third kappa shape index (κ3) is 13.2. The summed E-state index contributed by atoms with van der Waals surface area (Å²) in [4.78, 5) is 87.4. The molecule has 0 bridgehead atoms. The smallest absolute Gasteiger partial charge is 0.312 e. The molecule has 4 unspecified atom stereocenters. The number of ketones is 1. The van der Waals surface area contributed by atoms with Crippen LogP contribution < -0.4 is 21.7 Å². The van der Waals surface area contributed by atoms with Gasteiger partial charge < -0.3 is 26.4 Å². The lowest BCUT2D eigenvalue weighted by Gasteiger charge is -2.24. The molecule has 13 nitrogen and oxygen atoms in total. The second-order valence-electron chi connectivity index (χ2n) is 11.9. The summed E-state index contributed by atoms with van der Waals surface area (Å²) in [5.74, 6) is -3.18. The lowest BCUT2D eigenvalue weighted by atomic mass is 9.89. The Hall–Kier alpha value is -3.86. The fourth-order valence-corrected chi connectivity index (χ4v) is 5.43. The molecule has 0 aliphatic carbocycles. The van der Waals surface area contributed by atoms with E-state index in [0.717, 1.165) is 5.56 Å². The van der Waals surface area contributed by atoms with Gasteiger partial charge in [0.2, 0.25) is 23.6 Å². The first-order valence-corrected chi connectivity index (χ1v) is 16.4. The van der Waals surface area contributed by atoms with Gasteiger partial charge in [-0.05, 0) is 55.5 Å². The number of urea groups is 1. The molecule has 14 heteroatoms. The average Bonchev–Trinajstić information content (AvgIpc) is 3.27. The molecule has 0 spiro atoms. The number of rotatable bonds is 21. The van der Waals surface area contributed by atoms with Crippen molar-refractivity contribution in [3.63, 3.8) is 0 Å². The number of nitrogens with zero attached hydrogens (tertiary/aromatic N) is 1. The molecule has 1 fully saturated rings. The Balaban J connectivity index is 1.92. The highest BCUT2D eigenvalue weighted by Crippen LogP contribution is 2.22. The molecular formula is C32H48N5O8P. The van der Waals surface area contributed by atoms with E-state index in [9.17, 15) is 33.6 Å². The first-order valence-electron chi connectivity index (χ1n) is 16.2. The zero-order valence-electron chi connectivity index (χ0n) is 27.9. The van der Waals surface area contributed by atoms with Crippen molar-refractivity contribution in [2.45, 2.75) is 84.8 Å². The topological polar surface area (TPSA) is 194 Å². The van der Waals surface area contributed by atoms with Gasteiger partial charge in [-0.25, -0.2) is 4.79 Å². The van der Waals surface area contributed by atoms with Crippen molar-refractivity contribution < 1.29 is 38.3 Å². The molecule has 1 aliphatic heterocycles. The summed E-state index contributed by atoms with van der Waals surface area (Å²) in [5, 5.41) is 8.12. The van der Waals surface area contributed by atoms with Crippen LogP contribution >= 0.6 is 9.18 Å². The van der Waals surface area contributed by atoms with Crippen LogP contribution in [0.25, 0.3) is 0 Å². The van der Waals surface area contributed by atoms with Gasteiger partial charge in [-0.1, -0.05) is 32.4 Å². The number of carbonyl (C=O) groups is 7. The third-order valence-electron chi connectivity index (χ3n) is 7.71. The van der Waals surface area contributed by atoms with E-state index in [1.165, 1.54) is 11.8 Å². The van der Waals surface area contributed by atoms with Crippen LogP contribution in [0.5, 0.6) is 0 Å². The van der Waals surface area contributed by atoms with Crippen LogP contribution in [0.2, 0.25) is 0 Å². The van der Waals surface area contributed by atoms with Gasteiger partial charge in [-0.15, -0.1) is 9.18 Å². The molecule has 0 aromatic heterocycles. The Labute approximate surface area is 274 Å². The number of carbonyl (C=O) groups excluding carboxylic acids is 7. The first kappa shape index (κ1) is 36.6. The quantitative estimate of drug-likeness (QED) is 0.0668. The van der Waals surface area contributed by atoms with Gasteiger partial charge in [0, 0.05) is 50.9 Å². The Morgan fingerprint density at radius 1 is 1.09 bits per heavy atom. The molecule has 1 saturated heterocycles. The van der Waals surface area contributed by atoms with Crippen molar-refractivity contribution in [3.05, 3.63) is 29.8 Å². The second-order valence-corrected chi connectivity index (χ2v) is 12.3. The number of likely N-dealkylation sites (tertiary alicyclic amines) is 1. The predicted molar refractivity (Wildman–Crippen MR) is 175 cm³/mol. The van der Waals surface area contributed by atoms with Crippen LogP contribution in [0.15, 0.2) is 24.3 Å². The number of benzene rings is 1. The zero-order valence-corrected chi connectivity index (χ0v) is 27.9. The minimum Gasteiger partial charge on any atom is -0.461 e. The minimum absolute atomic E-state index is 0.102. The third-order valence-corrected chi connectivity index (χ3v) is 8.20. The van der Waals surface area contributed by atoms with Crippen molar-refractivity contribution in [2.75, 3.05) is 24.6 Å². The van der Waals surface area contributed by atoms with E-state index in [2.05, 4.69) is 16.0 Å². The first-order chi connectivity index (χ1) is 22.3. The second kappa shape index (κ2) is 19.6. The Morgan fingerprint density at radius 3 is 2.43 bits per heavy atom. The van der Waals surface area contributed by atoms with E-state index in [4.69, 9.17) is 11.7 Å². The lowest BCUT2D eigenvalue weighted by Crippen LogP contribution is -2.45. The van der Waals surface area contributed by atoms with Crippen LogP contribution in [0.3, 0.4) is 0 Å². The highest BCUT2D eigenvalue weighted by molar-refractivity contribution is 7.16. The van der Waals surface area contributed by atoms with E-state index in [-0.39, 0.29) is 83.3 Å². The highest BCUT2D eigenvalue weighted by atomic mass is 31.0. The lowest BCUT2D eigenvalue weighted by molar-refractivity contribution is -0.142. The number of unbranched alkanes of at least 4 members (excludes halogenated alkanes) is 2. The number of hydrogen-bond acceptors (Lipinski definition) is 8. The summed E-state index contributed by atoms with van der Waals surface area (Å²) < 4.78 is 12.3. The number of Topliss-reactive ketones (excluding diaryl/α,β-unsaturated/α-hetero) is 1. The van der Waals surface area contributed by atoms with Gasteiger partial charge in [0.05, 0.1) is 13.2 Å². The number of primary amides is 1. The molecule has 1 heterocycles.